The molecular weight excluding hydrogens is 274 g/mol. The number of nitrogens with one attached hydrogen (secondary N) is 1. The molecule has 1 heterocycles. The summed E-state index contributed by atoms with van der Waals surface area (Å²) in [4.78, 5) is 14.3. The van der Waals surface area contributed by atoms with E-state index in [1.54, 1.807) is 11.3 Å². The maximum atomic E-state index is 12.1. The first-order valence-electron chi connectivity index (χ1n) is 7.39. The number of aryl methyl sites for hydroxylation is 2. The maximum Gasteiger partial charge on any atom is 0.261 e. The molecule has 1 amide bonds. The number of thiophene rings is 1. The van der Waals surface area contributed by atoms with Crippen molar-refractivity contribution in [2.75, 3.05) is 26.4 Å². The molecule has 5 heteroatoms. The minimum absolute atomic E-state index is 0.00524. The molecule has 0 radical (unpaired) electrons. The summed E-state index contributed by atoms with van der Waals surface area (Å²) in [6.07, 6.45) is 7.31. The van der Waals surface area contributed by atoms with Crippen LogP contribution in [-0.4, -0.2) is 37.4 Å². The third-order valence-corrected chi connectivity index (χ3v) is 4.72. The van der Waals surface area contributed by atoms with Gasteiger partial charge in [-0.1, -0.05) is 12.8 Å². The molecule has 0 bridgehead atoms. The van der Waals surface area contributed by atoms with Gasteiger partial charge in [-0.2, -0.15) is 0 Å². The summed E-state index contributed by atoms with van der Waals surface area (Å²) in [7, 11) is 0. The topological polar surface area (TPSA) is 58.6 Å². The Morgan fingerprint density at radius 1 is 1.25 bits per heavy atom. The number of hydrogen-bond acceptors (Lipinski definition) is 4. The summed E-state index contributed by atoms with van der Waals surface area (Å²) in [5.41, 5.74) is 1.37. The molecule has 0 spiro atoms. The first kappa shape index (κ1) is 15.5. The molecule has 0 saturated carbocycles. The molecule has 1 aliphatic rings. The van der Waals surface area contributed by atoms with E-state index in [4.69, 9.17) is 9.84 Å². The number of carbonyl (C=O) groups is 1. The van der Waals surface area contributed by atoms with Crippen LogP contribution >= 0.6 is 11.3 Å². The van der Waals surface area contributed by atoms with Crippen LogP contribution in [0.25, 0.3) is 0 Å². The van der Waals surface area contributed by atoms with Gasteiger partial charge < -0.3 is 15.2 Å². The number of hydrogen-bond donors (Lipinski definition) is 2. The number of aliphatic hydroxyl groups excluding tert-OH is 1. The lowest BCUT2D eigenvalue weighted by atomic mass is 10.00. The van der Waals surface area contributed by atoms with Crippen molar-refractivity contribution in [3.63, 3.8) is 0 Å². The Balaban J connectivity index is 1.85. The number of rotatable bonds is 6. The molecule has 0 saturated heterocycles. The van der Waals surface area contributed by atoms with Crippen LogP contribution in [0.1, 0.15) is 45.8 Å². The van der Waals surface area contributed by atoms with Crippen LogP contribution in [0.3, 0.4) is 0 Å². The number of fused-ring (bicyclic) bond motifs is 1. The molecule has 2 rings (SSSR count). The largest absolute Gasteiger partial charge is 0.394 e. The number of ether oxygens (including phenoxy) is 1. The van der Waals surface area contributed by atoms with Crippen molar-refractivity contribution in [1.82, 2.24) is 5.32 Å². The Bertz CT molecular complexity index is 405. The third-order valence-electron chi connectivity index (χ3n) is 3.49. The van der Waals surface area contributed by atoms with Gasteiger partial charge >= 0.3 is 0 Å². The van der Waals surface area contributed by atoms with E-state index in [-0.39, 0.29) is 12.5 Å². The van der Waals surface area contributed by atoms with Crippen molar-refractivity contribution < 1.29 is 14.6 Å². The minimum atomic E-state index is -0.00524. The van der Waals surface area contributed by atoms with Gasteiger partial charge in [-0.05, 0) is 37.3 Å². The van der Waals surface area contributed by atoms with E-state index in [9.17, 15) is 4.79 Å². The number of amides is 1. The van der Waals surface area contributed by atoms with E-state index < -0.39 is 0 Å². The smallest absolute Gasteiger partial charge is 0.261 e. The lowest BCUT2D eigenvalue weighted by molar-refractivity contribution is 0.0840. The van der Waals surface area contributed by atoms with Crippen LogP contribution in [0.5, 0.6) is 0 Å². The third kappa shape index (κ3) is 4.58. The molecule has 1 aromatic heterocycles. The quantitative estimate of drug-likeness (QED) is 0.791. The van der Waals surface area contributed by atoms with Crippen molar-refractivity contribution in [3.05, 3.63) is 21.4 Å². The Kier molecular flexibility index (Phi) is 6.50. The molecular formula is C15H23NO3S. The first-order valence-corrected chi connectivity index (χ1v) is 8.21. The molecule has 112 valence electrons. The molecule has 0 aliphatic heterocycles. The highest BCUT2D eigenvalue weighted by molar-refractivity contribution is 7.14. The minimum Gasteiger partial charge on any atom is -0.394 e. The van der Waals surface area contributed by atoms with E-state index in [1.165, 1.54) is 36.1 Å². The molecule has 4 nitrogen and oxygen atoms in total. The normalized spacial score (nSPS) is 15.2. The van der Waals surface area contributed by atoms with Gasteiger partial charge in [-0.3, -0.25) is 4.79 Å². The Morgan fingerprint density at radius 3 is 2.85 bits per heavy atom. The molecule has 20 heavy (non-hydrogen) atoms. The highest BCUT2D eigenvalue weighted by atomic mass is 32.1. The van der Waals surface area contributed by atoms with Crippen molar-refractivity contribution in [2.45, 2.75) is 38.5 Å². The fourth-order valence-corrected chi connectivity index (χ4v) is 3.62. The average molecular weight is 297 g/mol. The van der Waals surface area contributed by atoms with Crippen LogP contribution in [0.4, 0.5) is 0 Å². The van der Waals surface area contributed by atoms with Gasteiger partial charge in [0.15, 0.2) is 0 Å². The van der Waals surface area contributed by atoms with Gasteiger partial charge in [0, 0.05) is 11.4 Å². The highest BCUT2D eigenvalue weighted by Crippen LogP contribution is 2.28. The van der Waals surface area contributed by atoms with Crippen LogP contribution in [0.15, 0.2) is 6.07 Å². The van der Waals surface area contributed by atoms with Gasteiger partial charge in [0.2, 0.25) is 0 Å². The van der Waals surface area contributed by atoms with E-state index in [0.717, 1.165) is 17.7 Å². The van der Waals surface area contributed by atoms with Crippen molar-refractivity contribution in [1.29, 1.82) is 0 Å². The van der Waals surface area contributed by atoms with E-state index >= 15 is 0 Å². The number of carbonyl (C=O) groups excluding carboxylic acids is 1. The second-order valence-electron chi connectivity index (χ2n) is 5.07. The zero-order valence-corrected chi connectivity index (χ0v) is 12.6. The van der Waals surface area contributed by atoms with E-state index in [2.05, 4.69) is 11.4 Å². The van der Waals surface area contributed by atoms with Crippen LogP contribution in [0, 0.1) is 0 Å². The highest BCUT2D eigenvalue weighted by Gasteiger charge is 2.15. The second kappa shape index (κ2) is 8.39. The van der Waals surface area contributed by atoms with Gasteiger partial charge in [-0.15, -0.1) is 11.3 Å². The van der Waals surface area contributed by atoms with Gasteiger partial charge in [0.05, 0.1) is 24.7 Å². The molecule has 0 fully saturated rings. The molecule has 2 N–H and O–H groups in total. The second-order valence-corrected chi connectivity index (χ2v) is 6.20. The molecule has 1 aromatic rings. The SMILES string of the molecule is O=C(NCCOCCO)c1cc2c(s1)CCCCCC2. The van der Waals surface area contributed by atoms with Gasteiger partial charge in [0.1, 0.15) is 0 Å². The Hall–Kier alpha value is -0.910. The average Bonchev–Trinajstić information content (AvgIpc) is 2.81. The zero-order valence-electron chi connectivity index (χ0n) is 11.8. The van der Waals surface area contributed by atoms with Crippen LogP contribution in [0.2, 0.25) is 0 Å². The van der Waals surface area contributed by atoms with Crippen molar-refractivity contribution >= 4 is 17.2 Å². The van der Waals surface area contributed by atoms with Gasteiger partial charge in [0.25, 0.3) is 5.91 Å². The number of aliphatic hydroxyl groups is 1. The summed E-state index contributed by atoms with van der Waals surface area (Å²) >= 11 is 1.64. The molecule has 0 atom stereocenters. The molecule has 0 aromatic carbocycles. The fourth-order valence-electron chi connectivity index (χ4n) is 2.45. The Morgan fingerprint density at radius 2 is 2.05 bits per heavy atom. The van der Waals surface area contributed by atoms with E-state index in [0.29, 0.717) is 19.8 Å². The summed E-state index contributed by atoms with van der Waals surface area (Å²) in [6, 6.07) is 2.06. The monoisotopic (exact) mass is 297 g/mol. The fraction of sp³-hybridized carbons (Fsp3) is 0.667. The van der Waals surface area contributed by atoms with Crippen molar-refractivity contribution in [3.8, 4) is 0 Å². The first-order chi connectivity index (χ1) is 9.81. The zero-order chi connectivity index (χ0) is 14.2. The lowest BCUT2D eigenvalue weighted by Gasteiger charge is -2.07. The van der Waals surface area contributed by atoms with Crippen LogP contribution < -0.4 is 5.32 Å². The predicted octanol–water partition coefficient (Wildman–Crippen LogP) is 2.15. The van der Waals surface area contributed by atoms with E-state index in [1.807, 2.05) is 0 Å². The summed E-state index contributed by atoms with van der Waals surface area (Å²) < 4.78 is 5.12. The van der Waals surface area contributed by atoms with Crippen molar-refractivity contribution in [2.24, 2.45) is 0 Å². The Labute approximate surface area is 124 Å². The van der Waals surface area contributed by atoms with Gasteiger partial charge in [-0.25, -0.2) is 0 Å². The maximum absolute atomic E-state index is 12.1. The predicted molar refractivity (Wildman–Crippen MR) is 80.4 cm³/mol. The van der Waals surface area contributed by atoms with Crippen LogP contribution in [-0.2, 0) is 17.6 Å². The summed E-state index contributed by atoms with van der Waals surface area (Å²) in [5, 5.41) is 11.4. The molecule has 0 unspecified atom stereocenters. The molecule has 1 aliphatic carbocycles. The summed E-state index contributed by atoms with van der Waals surface area (Å²) in [6.45, 7) is 1.27. The standard InChI is InChI=1S/C15H23NO3S/c17-8-10-19-9-7-16-15(18)14-11-12-5-3-1-2-4-6-13(12)20-14/h11,17H,1-10H2,(H,16,18). The lowest BCUT2D eigenvalue weighted by Crippen LogP contribution is -2.26. The summed E-state index contributed by atoms with van der Waals surface area (Å²) in [5.74, 6) is -0.00524.